The monoisotopic (exact) mass is 326 g/mol. The molecule has 0 fully saturated rings. The number of benzene rings is 1. The van der Waals surface area contributed by atoms with Crippen molar-refractivity contribution in [3.8, 4) is 0 Å². The van der Waals surface area contributed by atoms with Crippen molar-refractivity contribution in [2.45, 2.75) is 13.8 Å². The molecule has 1 aromatic rings. The van der Waals surface area contributed by atoms with Crippen LogP contribution in [0.15, 0.2) is 60.7 Å². The molecular weight excluding hydrogens is 304 g/mol. The summed E-state index contributed by atoms with van der Waals surface area (Å²) in [7, 11) is 0. The van der Waals surface area contributed by atoms with Gasteiger partial charge in [0.2, 0.25) is 0 Å². The molecule has 0 unspecified atom stereocenters. The summed E-state index contributed by atoms with van der Waals surface area (Å²) in [6.45, 7) is 4.28. The Kier molecular flexibility index (Phi) is 9.31. The van der Waals surface area contributed by atoms with Gasteiger partial charge < -0.3 is 9.47 Å². The van der Waals surface area contributed by atoms with Crippen molar-refractivity contribution in [1.82, 2.24) is 0 Å². The lowest BCUT2D eigenvalue weighted by Gasteiger charge is -1.95. The normalized spacial score (nSPS) is 11.8. The minimum absolute atomic E-state index is 0.349. The van der Waals surface area contributed by atoms with Gasteiger partial charge >= 0.3 is 11.9 Å². The number of hydrogen-bond donors (Lipinski definition) is 0. The molecule has 0 aliphatic heterocycles. The van der Waals surface area contributed by atoms with Crippen molar-refractivity contribution in [3.05, 3.63) is 71.8 Å². The van der Waals surface area contributed by atoms with Gasteiger partial charge in [-0.15, -0.1) is 0 Å². The number of rotatable bonds is 8. The summed E-state index contributed by atoms with van der Waals surface area (Å²) in [6, 6.07) is 7.85. The van der Waals surface area contributed by atoms with E-state index >= 15 is 0 Å². The molecule has 0 amide bonds. The van der Waals surface area contributed by atoms with Crippen molar-refractivity contribution >= 4 is 24.1 Å². The molecule has 0 atom stereocenters. The third-order valence-electron chi connectivity index (χ3n) is 2.77. The predicted molar refractivity (Wildman–Crippen MR) is 96.1 cm³/mol. The first-order valence-corrected chi connectivity index (χ1v) is 7.78. The van der Waals surface area contributed by atoms with Crippen LogP contribution in [0.2, 0.25) is 0 Å². The van der Waals surface area contributed by atoms with Crippen LogP contribution in [0.4, 0.5) is 0 Å². The lowest BCUT2D eigenvalue weighted by Crippen LogP contribution is -1.98. The highest BCUT2D eigenvalue weighted by Gasteiger charge is 1.92. The summed E-state index contributed by atoms with van der Waals surface area (Å²) in [6.07, 6.45) is 13.4. The maximum atomic E-state index is 11.1. The van der Waals surface area contributed by atoms with Crippen LogP contribution in [0.1, 0.15) is 25.0 Å². The fourth-order valence-electron chi connectivity index (χ4n) is 1.70. The second-order valence-corrected chi connectivity index (χ2v) is 4.61. The molecule has 1 rings (SSSR count). The number of allylic oxidation sites excluding steroid dienone is 4. The van der Waals surface area contributed by atoms with E-state index in [1.807, 2.05) is 36.4 Å². The molecule has 126 valence electrons. The Labute approximate surface area is 142 Å². The molecule has 0 aromatic heterocycles. The van der Waals surface area contributed by atoms with Crippen LogP contribution in [0, 0.1) is 0 Å². The van der Waals surface area contributed by atoms with Gasteiger partial charge in [-0.05, 0) is 25.0 Å². The highest BCUT2D eigenvalue weighted by molar-refractivity contribution is 5.82. The predicted octanol–water partition coefficient (Wildman–Crippen LogP) is 3.95. The zero-order valence-electron chi connectivity index (χ0n) is 14.0. The van der Waals surface area contributed by atoms with Crippen LogP contribution in [0.5, 0.6) is 0 Å². The van der Waals surface area contributed by atoms with E-state index in [1.54, 1.807) is 38.2 Å². The molecule has 4 heteroatoms. The summed E-state index contributed by atoms with van der Waals surface area (Å²) in [5.41, 5.74) is 2.03. The molecule has 1 aromatic carbocycles. The van der Waals surface area contributed by atoms with Gasteiger partial charge in [0.15, 0.2) is 0 Å². The number of esters is 2. The molecule has 0 saturated carbocycles. The molecule has 0 bridgehead atoms. The van der Waals surface area contributed by atoms with E-state index in [0.29, 0.717) is 13.2 Å². The molecule has 4 nitrogen and oxygen atoms in total. The molecule has 24 heavy (non-hydrogen) atoms. The average molecular weight is 326 g/mol. The second-order valence-electron chi connectivity index (χ2n) is 4.61. The zero-order valence-corrected chi connectivity index (χ0v) is 14.0. The lowest BCUT2D eigenvalue weighted by atomic mass is 10.1. The average Bonchev–Trinajstić information content (AvgIpc) is 2.57. The third-order valence-corrected chi connectivity index (χ3v) is 2.77. The molecule has 0 aliphatic carbocycles. The molecule has 0 radical (unpaired) electrons. The van der Waals surface area contributed by atoms with E-state index in [2.05, 4.69) is 0 Å². The maximum absolute atomic E-state index is 11.1. The minimum Gasteiger partial charge on any atom is -0.463 e. The van der Waals surface area contributed by atoms with Gasteiger partial charge in [0.1, 0.15) is 0 Å². The molecule has 0 aliphatic rings. The highest BCUT2D eigenvalue weighted by Crippen LogP contribution is 2.08. The first kappa shape index (κ1) is 19.2. The van der Waals surface area contributed by atoms with Gasteiger partial charge in [-0.25, -0.2) is 9.59 Å². The summed E-state index contributed by atoms with van der Waals surface area (Å²) < 4.78 is 9.57. The summed E-state index contributed by atoms with van der Waals surface area (Å²) in [5.74, 6) is -0.697. The Bertz CT molecular complexity index is 577. The van der Waals surface area contributed by atoms with Crippen LogP contribution in [-0.2, 0) is 19.1 Å². The number of hydrogen-bond acceptors (Lipinski definition) is 4. The van der Waals surface area contributed by atoms with E-state index in [9.17, 15) is 9.59 Å². The molecule has 0 saturated heterocycles. The van der Waals surface area contributed by atoms with Gasteiger partial charge in [0, 0.05) is 12.2 Å². The first-order valence-electron chi connectivity index (χ1n) is 7.78. The van der Waals surface area contributed by atoms with Gasteiger partial charge in [-0.1, -0.05) is 60.7 Å². The van der Waals surface area contributed by atoms with Crippen LogP contribution < -0.4 is 0 Å². The first-order chi connectivity index (χ1) is 11.7. The summed E-state index contributed by atoms with van der Waals surface area (Å²) in [4.78, 5) is 22.2. The SMILES string of the molecule is CCOC(=O)/C=C\C=C\c1ccc(/C=C/C=C\C(=O)OCC)cc1. The fraction of sp³-hybridized carbons (Fsp3) is 0.200. The quantitative estimate of drug-likeness (QED) is 0.412. The zero-order chi connectivity index (χ0) is 17.6. The Morgan fingerprint density at radius 2 is 1.12 bits per heavy atom. The van der Waals surface area contributed by atoms with Gasteiger partial charge in [-0.3, -0.25) is 0 Å². The van der Waals surface area contributed by atoms with E-state index in [-0.39, 0.29) is 11.9 Å². The third kappa shape index (κ3) is 8.54. The maximum Gasteiger partial charge on any atom is 0.330 e. The highest BCUT2D eigenvalue weighted by atomic mass is 16.5. The molecular formula is C20H22O4. The Morgan fingerprint density at radius 1 is 0.750 bits per heavy atom. The number of ether oxygens (including phenoxy) is 2. The standard InChI is InChI=1S/C20H22O4/c1-3-23-19(21)11-7-5-9-17-13-15-18(16-14-17)10-6-8-12-20(22)24-4-2/h5-16H,3-4H2,1-2H3/b9-5+,10-6+,11-7-,12-8-. The van der Waals surface area contributed by atoms with E-state index < -0.39 is 0 Å². The van der Waals surface area contributed by atoms with Gasteiger partial charge in [0.25, 0.3) is 0 Å². The van der Waals surface area contributed by atoms with Crippen LogP contribution >= 0.6 is 0 Å². The second kappa shape index (κ2) is 11.7. The number of carbonyl (C=O) groups is 2. The lowest BCUT2D eigenvalue weighted by molar-refractivity contribution is -0.138. The van der Waals surface area contributed by atoms with Crippen LogP contribution in [0.3, 0.4) is 0 Å². The van der Waals surface area contributed by atoms with Gasteiger partial charge in [-0.2, -0.15) is 0 Å². The summed E-state index contributed by atoms with van der Waals surface area (Å²) >= 11 is 0. The van der Waals surface area contributed by atoms with Crippen molar-refractivity contribution in [3.63, 3.8) is 0 Å². The molecule has 0 heterocycles. The van der Waals surface area contributed by atoms with Crippen molar-refractivity contribution < 1.29 is 19.1 Å². The van der Waals surface area contributed by atoms with Crippen molar-refractivity contribution in [2.24, 2.45) is 0 Å². The van der Waals surface area contributed by atoms with E-state index in [4.69, 9.17) is 9.47 Å². The van der Waals surface area contributed by atoms with Crippen LogP contribution in [-0.4, -0.2) is 25.2 Å². The van der Waals surface area contributed by atoms with Crippen LogP contribution in [0.25, 0.3) is 12.2 Å². The smallest absolute Gasteiger partial charge is 0.330 e. The topological polar surface area (TPSA) is 52.6 Å². The van der Waals surface area contributed by atoms with E-state index in [0.717, 1.165) is 11.1 Å². The largest absolute Gasteiger partial charge is 0.463 e. The number of carbonyl (C=O) groups excluding carboxylic acids is 2. The Hall–Kier alpha value is -2.88. The summed E-state index contributed by atoms with van der Waals surface area (Å²) in [5, 5.41) is 0. The van der Waals surface area contributed by atoms with Crippen molar-refractivity contribution in [2.75, 3.05) is 13.2 Å². The van der Waals surface area contributed by atoms with Crippen molar-refractivity contribution in [1.29, 1.82) is 0 Å². The molecule has 0 spiro atoms. The Balaban J connectivity index is 2.51. The van der Waals surface area contributed by atoms with Gasteiger partial charge in [0.05, 0.1) is 13.2 Å². The van der Waals surface area contributed by atoms with E-state index in [1.165, 1.54) is 12.2 Å². The Morgan fingerprint density at radius 3 is 1.46 bits per heavy atom. The fourth-order valence-corrected chi connectivity index (χ4v) is 1.70. The minimum atomic E-state index is -0.349. The molecule has 0 N–H and O–H groups in total.